The van der Waals surface area contributed by atoms with Crippen molar-refractivity contribution in [3.63, 3.8) is 0 Å². The second kappa shape index (κ2) is 2.56. The molecule has 0 bridgehead atoms. The van der Waals surface area contributed by atoms with Crippen LogP contribution in [0.15, 0.2) is 9.80 Å². The Morgan fingerprint density at radius 3 is 2.83 bits per heavy atom. The molecule has 0 atom stereocenters. The lowest BCUT2D eigenvalue weighted by Crippen LogP contribution is -1.81. The molecule has 2 aromatic rings. The summed E-state index contributed by atoms with van der Waals surface area (Å²) >= 11 is 1.45. The fourth-order valence-corrected chi connectivity index (χ4v) is 1.49. The summed E-state index contributed by atoms with van der Waals surface area (Å²) in [5.74, 6) is 0.380. The fraction of sp³-hybridized carbons (Fsp3) is 0.167. The van der Waals surface area contributed by atoms with E-state index in [-0.39, 0.29) is 6.01 Å². The Kier molecular flexibility index (Phi) is 1.54. The molecule has 2 N–H and O–H groups in total. The smallest absolute Gasteiger partial charge is 0.313 e. The summed E-state index contributed by atoms with van der Waals surface area (Å²) in [6.07, 6.45) is 0. The van der Waals surface area contributed by atoms with Crippen LogP contribution in [0.5, 0.6) is 0 Å². The van der Waals surface area contributed by atoms with Crippen LogP contribution >= 0.6 is 11.3 Å². The Bertz CT molecular complexity index is 355. The molecule has 2 rings (SSSR count). The molecule has 2 heterocycles. The van der Waals surface area contributed by atoms with Crippen LogP contribution in [-0.2, 0) is 0 Å². The molecule has 0 radical (unpaired) electrons. The normalized spacial score (nSPS) is 10.4. The fourth-order valence-electron chi connectivity index (χ4n) is 0.773. The van der Waals surface area contributed by atoms with Gasteiger partial charge in [0.15, 0.2) is 5.01 Å². The topological polar surface area (TPSA) is 77.8 Å². The van der Waals surface area contributed by atoms with Crippen molar-refractivity contribution in [3.05, 3.63) is 11.1 Å². The standard InChI is InChI=1S/C6H6N4OS/c1-3-2-12-5(8-3)4-9-10-6(7)11-4/h2H,1H3,(H2,7,10). The highest BCUT2D eigenvalue weighted by molar-refractivity contribution is 7.13. The van der Waals surface area contributed by atoms with E-state index < -0.39 is 0 Å². The molecule has 0 saturated heterocycles. The number of thiazole rings is 1. The predicted molar refractivity (Wildman–Crippen MR) is 44.6 cm³/mol. The Hall–Kier alpha value is -1.43. The lowest BCUT2D eigenvalue weighted by atomic mass is 10.6. The number of nitrogens with two attached hydrogens (primary N) is 1. The Morgan fingerprint density at radius 2 is 2.33 bits per heavy atom. The molecule has 0 aliphatic rings. The molecule has 0 fully saturated rings. The van der Waals surface area contributed by atoms with Gasteiger partial charge in [0.25, 0.3) is 5.89 Å². The molecular formula is C6H6N4OS. The maximum absolute atomic E-state index is 5.26. The number of anilines is 1. The van der Waals surface area contributed by atoms with Crippen LogP contribution in [0.25, 0.3) is 10.9 Å². The average molecular weight is 182 g/mol. The van der Waals surface area contributed by atoms with Gasteiger partial charge in [-0.05, 0) is 6.92 Å². The summed E-state index contributed by atoms with van der Waals surface area (Å²) in [7, 11) is 0. The van der Waals surface area contributed by atoms with E-state index in [1.54, 1.807) is 0 Å². The maximum atomic E-state index is 5.26. The van der Waals surface area contributed by atoms with Gasteiger partial charge >= 0.3 is 6.01 Å². The summed E-state index contributed by atoms with van der Waals surface area (Å²) in [4.78, 5) is 4.16. The minimum Gasteiger partial charge on any atom is -0.401 e. The van der Waals surface area contributed by atoms with Crippen LogP contribution in [0.3, 0.4) is 0 Å². The first-order valence-corrected chi connectivity index (χ1v) is 4.15. The van der Waals surface area contributed by atoms with Crippen molar-refractivity contribution < 1.29 is 4.42 Å². The molecule has 2 aromatic heterocycles. The van der Waals surface area contributed by atoms with Crippen LogP contribution < -0.4 is 5.73 Å². The second-order valence-electron chi connectivity index (χ2n) is 2.24. The number of nitrogens with zero attached hydrogens (tertiary/aromatic N) is 3. The summed E-state index contributed by atoms with van der Waals surface area (Å²) in [6.45, 7) is 1.90. The van der Waals surface area contributed by atoms with Gasteiger partial charge in [-0.3, -0.25) is 0 Å². The monoisotopic (exact) mass is 182 g/mol. The van der Waals surface area contributed by atoms with E-state index in [0.717, 1.165) is 5.69 Å². The lowest BCUT2D eigenvalue weighted by Gasteiger charge is -1.82. The number of aryl methyl sites for hydroxylation is 1. The van der Waals surface area contributed by atoms with Gasteiger partial charge in [0.1, 0.15) is 0 Å². The first-order chi connectivity index (χ1) is 5.75. The van der Waals surface area contributed by atoms with Gasteiger partial charge in [0.05, 0.1) is 0 Å². The molecule has 0 unspecified atom stereocenters. The zero-order valence-electron chi connectivity index (χ0n) is 6.31. The number of aromatic nitrogens is 3. The van der Waals surface area contributed by atoms with E-state index in [2.05, 4.69) is 15.2 Å². The number of hydrogen-bond acceptors (Lipinski definition) is 6. The molecule has 0 aliphatic heterocycles. The van der Waals surface area contributed by atoms with Crippen molar-refractivity contribution in [1.29, 1.82) is 0 Å². The van der Waals surface area contributed by atoms with E-state index in [4.69, 9.17) is 10.2 Å². The number of rotatable bonds is 1. The van der Waals surface area contributed by atoms with Crippen molar-refractivity contribution in [2.75, 3.05) is 5.73 Å². The van der Waals surface area contributed by atoms with Gasteiger partial charge in [-0.2, -0.15) is 0 Å². The Morgan fingerprint density at radius 1 is 1.50 bits per heavy atom. The highest BCUT2D eigenvalue weighted by Gasteiger charge is 2.09. The highest BCUT2D eigenvalue weighted by Crippen LogP contribution is 2.22. The number of hydrogen-bond donors (Lipinski definition) is 1. The Labute approximate surface area is 72.3 Å². The van der Waals surface area contributed by atoms with E-state index in [0.29, 0.717) is 10.9 Å². The molecule has 5 nitrogen and oxygen atoms in total. The van der Waals surface area contributed by atoms with Gasteiger partial charge < -0.3 is 10.2 Å². The van der Waals surface area contributed by atoms with Crippen molar-refractivity contribution in [2.24, 2.45) is 0 Å². The summed E-state index contributed by atoms with van der Waals surface area (Å²) in [5.41, 5.74) is 6.20. The molecule has 6 heteroatoms. The summed E-state index contributed by atoms with van der Waals surface area (Å²) in [6, 6.07) is 0.0675. The zero-order chi connectivity index (χ0) is 8.55. The summed E-state index contributed by atoms with van der Waals surface area (Å²) < 4.78 is 4.99. The molecule has 0 aromatic carbocycles. The minimum atomic E-state index is 0.0675. The minimum absolute atomic E-state index is 0.0675. The molecule has 12 heavy (non-hydrogen) atoms. The molecule has 0 amide bonds. The number of nitrogen functional groups attached to an aromatic ring is 1. The first kappa shape index (κ1) is 7.23. The lowest BCUT2D eigenvalue weighted by molar-refractivity contribution is 0.589. The van der Waals surface area contributed by atoms with E-state index in [1.165, 1.54) is 11.3 Å². The molecule has 0 spiro atoms. The quantitative estimate of drug-likeness (QED) is 0.714. The highest BCUT2D eigenvalue weighted by atomic mass is 32.1. The van der Waals surface area contributed by atoms with Gasteiger partial charge in [-0.25, -0.2) is 4.98 Å². The molecule has 0 aliphatic carbocycles. The third-order valence-corrected chi connectivity index (χ3v) is 2.19. The van der Waals surface area contributed by atoms with Gasteiger partial charge in [-0.15, -0.1) is 16.4 Å². The van der Waals surface area contributed by atoms with Gasteiger partial charge in [0, 0.05) is 11.1 Å². The van der Waals surface area contributed by atoms with Crippen LogP contribution in [0, 0.1) is 6.92 Å². The molecule has 0 saturated carbocycles. The van der Waals surface area contributed by atoms with Gasteiger partial charge in [0.2, 0.25) is 0 Å². The van der Waals surface area contributed by atoms with Crippen LogP contribution in [0.1, 0.15) is 5.69 Å². The largest absolute Gasteiger partial charge is 0.401 e. The average Bonchev–Trinajstić information content (AvgIpc) is 2.58. The van der Waals surface area contributed by atoms with Crippen LogP contribution in [0.2, 0.25) is 0 Å². The SMILES string of the molecule is Cc1csc(-c2nnc(N)o2)n1. The third-order valence-electron chi connectivity index (χ3n) is 1.24. The first-order valence-electron chi connectivity index (χ1n) is 3.27. The van der Waals surface area contributed by atoms with Crippen LogP contribution in [0.4, 0.5) is 6.01 Å². The summed E-state index contributed by atoms with van der Waals surface area (Å²) in [5, 5.41) is 9.85. The van der Waals surface area contributed by atoms with Crippen molar-refractivity contribution >= 4 is 17.4 Å². The predicted octanol–water partition coefficient (Wildman–Crippen LogP) is 1.08. The maximum Gasteiger partial charge on any atom is 0.313 e. The Balaban J connectivity index is 2.43. The van der Waals surface area contributed by atoms with Crippen molar-refractivity contribution in [3.8, 4) is 10.9 Å². The van der Waals surface area contributed by atoms with Crippen molar-refractivity contribution in [2.45, 2.75) is 6.92 Å². The van der Waals surface area contributed by atoms with Crippen molar-refractivity contribution in [1.82, 2.24) is 15.2 Å². The van der Waals surface area contributed by atoms with E-state index in [9.17, 15) is 0 Å². The van der Waals surface area contributed by atoms with Crippen LogP contribution in [-0.4, -0.2) is 15.2 Å². The molecular weight excluding hydrogens is 176 g/mol. The van der Waals surface area contributed by atoms with Gasteiger partial charge in [-0.1, -0.05) is 5.10 Å². The van der Waals surface area contributed by atoms with E-state index >= 15 is 0 Å². The second-order valence-corrected chi connectivity index (χ2v) is 3.10. The molecule has 62 valence electrons. The van der Waals surface area contributed by atoms with E-state index in [1.807, 2.05) is 12.3 Å². The zero-order valence-corrected chi connectivity index (χ0v) is 7.13. The third kappa shape index (κ3) is 1.16.